The van der Waals surface area contributed by atoms with Crippen LogP contribution >= 0.6 is 0 Å². The van der Waals surface area contributed by atoms with Gasteiger partial charge in [0.25, 0.3) is 0 Å². The average molecular weight is 243 g/mol. The molecular weight excluding hydrogens is 230 g/mol. The number of benzene rings is 1. The lowest BCUT2D eigenvalue weighted by atomic mass is 10.1. The number of carbonyl (C=O) groups excluding carboxylic acids is 2. The van der Waals surface area contributed by atoms with E-state index < -0.39 is 5.97 Å². The molecule has 1 aromatic rings. The molecule has 0 aliphatic carbocycles. The Morgan fingerprint density at radius 3 is 2.33 bits per heavy atom. The molecule has 0 spiro atoms. The van der Waals surface area contributed by atoms with E-state index in [0.29, 0.717) is 11.3 Å². The van der Waals surface area contributed by atoms with Crippen LogP contribution in [-0.4, -0.2) is 30.7 Å². The van der Waals surface area contributed by atoms with Crippen molar-refractivity contribution < 1.29 is 14.3 Å². The maximum Gasteiger partial charge on any atom is 0.349 e. The van der Waals surface area contributed by atoms with Crippen molar-refractivity contribution in [2.75, 3.05) is 14.1 Å². The van der Waals surface area contributed by atoms with Gasteiger partial charge in [-0.2, -0.15) is 0 Å². The molecule has 18 heavy (non-hydrogen) atoms. The van der Waals surface area contributed by atoms with Crippen LogP contribution in [0.2, 0.25) is 0 Å². The predicted molar refractivity (Wildman–Crippen MR) is 67.3 cm³/mol. The summed E-state index contributed by atoms with van der Waals surface area (Å²) in [6.07, 6.45) is 2.80. The highest BCUT2D eigenvalue weighted by molar-refractivity contribution is 6.26. The highest BCUT2D eigenvalue weighted by atomic mass is 16.5. The van der Waals surface area contributed by atoms with Gasteiger partial charge in [0.2, 0.25) is 0 Å². The zero-order valence-corrected chi connectivity index (χ0v) is 10.2. The predicted octanol–water partition coefficient (Wildman–Crippen LogP) is 1.60. The summed E-state index contributed by atoms with van der Waals surface area (Å²) < 4.78 is 5.16. The zero-order valence-electron chi connectivity index (χ0n) is 10.2. The van der Waals surface area contributed by atoms with E-state index in [1.54, 1.807) is 31.1 Å². The molecule has 0 saturated heterocycles. The summed E-state index contributed by atoms with van der Waals surface area (Å²) in [4.78, 5) is 25.2. The van der Waals surface area contributed by atoms with E-state index in [1.807, 2.05) is 18.2 Å². The standard InChI is InChI=1S/C14H13NO3/c1-15(2)9-11-12(16)8-13(18-14(11)17)10-6-4-3-5-7-10/h3-9H,1-2H3. The Balaban J connectivity index is 2.35. The first-order valence-electron chi connectivity index (χ1n) is 5.50. The molecule has 0 radical (unpaired) electrons. The van der Waals surface area contributed by atoms with Gasteiger partial charge in [0, 0.05) is 31.9 Å². The lowest BCUT2D eigenvalue weighted by Gasteiger charge is -2.16. The molecule has 0 amide bonds. The second kappa shape index (κ2) is 4.87. The third kappa shape index (κ3) is 2.48. The fraction of sp³-hybridized carbons (Fsp3) is 0.143. The van der Waals surface area contributed by atoms with E-state index in [-0.39, 0.29) is 11.4 Å². The number of carbonyl (C=O) groups is 2. The molecule has 1 aromatic carbocycles. The molecule has 0 saturated carbocycles. The quantitative estimate of drug-likeness (QED) is 0.449. The van der Waals surface area contributed by atoms with Crippen LogP contribution in [0, 0.1) is 0 Å². The monoisotopic (exact) mass is 243 g/mol. The summed E-state index contributed by atoms with van der Waals surface area (Å²) >= 11 is 0. The van der Waals surface area contributed by atoms with Crippen LogP contribution < -0.4 is 0 Å². The Morgan fingerprint density at radius 2 is 1.78 bits per heavy atom. The molecule has 4 nitrogen and oxygen atoms in total. The number of ketones is 1. The van der Waals surface area contributed by atoms with Crippen LogP contribution in [-0.2, 0) is 14.3 Å². The van der Waals surface area contributed by atoms with Crippen molar-refractivity contribution in [3.8, 4) is 0 Å². The zero-order chi connectivity index (χ0) is 13.1. The number of cyclic esters (lactones) is 1. The number of allylic oxidation sites excluding steroid dienone is 1. The molecule has 92 valence electrons. The van der Waals surface area contributed by atoms with Crippen LogP contribution in [0.4, 0.5) is 0 Å². The summed E-state index contributed by atoms with van der Waals surface area (Å²) in [5.74, 6) is -0.657. The number of esters is 1. The smallest absolute Gasteiger partial charge is 0.349 e. The molecule has 0 unspecified atom stereocenters. The van der Waals surface area contributed by atoms with Gasteiger partial charge in [-0.15, -0.1) is 0 Å². The van der Waals surface area contributed by atoms with Gasteiger partial charge in [-0.3, -0.25) is 4.79 Å². The van der Waals surface area contributed by atoms with E-state index in [0.717, 1.165) is 0 Å². The van der Waals surface area contributed by atoms with E-state index in [9.17, 15) is 9.59 Å². The normalized spacial score (nSPS) is 17.4. The van der Waals surface area contributed by atoms with Gasteiger partial charge in [0.05, 0.1) is 0 Å². The molecular formula is C14H13NO3. The number of ether oxygens (including phenoxy) is 1. The maximum atomic E-state index is 11.9. The fourth-order valence-electron chi connectivity index (χ4n) is 1.60. The number of rotatable bonds is 2. The first-order valence-corrected chi connectivity index (χ1v) is 5.50. The third-order valence-electron chi connectivity index (χ3n) is 2.40. The minimum absolute atomic E-state index is 0.0414. The summed E-state index contributed by atoms with van der Waals surface area (Å²) in [6.45, 7) is 0. The molecule has 1 heterocycles. The Morgan fingerprint density at radius 1 is 1.11 bits per heavy atom. The Hall–Kier alpha value is -2.36. The third-order valence-corrected chi connectivity index (χ3v) is 2.40. The highest BCUT2D eigenvalue weighted by Gasteiger charge is 2.26. The summed E-state index contributed by atoms with van der Waals surface area (Å²) in [5, 5.41) is 0. The van der Waals surface area contributed by atoms with Crippen molar-refractivity contribution in [2.24, 2.45) is 0 Å². The first-order chi connectivity index (χ1) is 8.58. The second-order valence-corrected chi connectivity index (χ2v) is 4.13. The summed E-state index contributed by atoms with van der Waals surface area (Å²) in [7, 11) is 3.48. The van der Waals surface area contributed by atoms with Crippen LogP contribution in [0.15, 0.2) is 48.2 Å². The van der Waals surface area contributed by atoms with Crippen LogP contribution in [0.5, 0.6) is 0 Å². The van der Waals surface area contributed by atoms with Crippen molar-refractivity contribution in [1.29, 1.82) is 0 Å². The van der Waals surface area contributed by atoms with Crippen LogP contribution in [0.3, 0.4) is 0 Å². The maximum absolute atomic E-state index is 11.9. The fourth-order valence-corrected chi connectivity index (χ4v) is 1.60. The van der Waals surface area contributed by atoms with E-state index >= 15 is 0 Å². The molecule has 1 aliphatic heterocycles. The van der Waals surface area contributed by atoms with Crippen molar-refractivity contribution in [3.63, 3.8) is 0 Å². The topological polar surface area (TPSA) is 46.6 Å². The van der Waals surface area contributed by atoms with E-state index in [2.05, 4.69) is 0 Å². The van der Waals surface area contributed by atoms with Crippen molar-refractivity contribution >= 4 is 17.5 Å². The largest absolute Gasteiger partial charge is 0.422 e. The van der Waals surface area contributed by atoms with Gasteiger partial charge >= 0.3 is 5.97 Å². The molecule has 2 rings (SSSR count). The lowest BCUT2D eigenvalue weighted by Crippen LogP contribution is -2.22. The number of nitrogens with zero attached hydrogens (tertiary/aromatic N) is 1. The number of hydrogen-bond donors (Lipinski definition) is 0. The van der Waals surface area contributed by atoms with Gasteiger partial charge < -0.3 is 9.64 Å². The molecule has 4 heteroatoms. The molecule has 0 atom stereocenters. The Labute approximate surface area is 105 Å². The Bertz CT molecular complexity index is 541. The Kier molecular flexibility index (Phi) is 3.28. The summed E-state index contributed by atoms with van der Waals surface area (Å²) in [6, 6.07) is 9.06. The van der Waals surface area contributed by atoms with E-state index in [4.69, 9.17) is 4.74 Å². The molecule has 0 bridgehead atoms. The minimum Gasteiger partial charge on any atom is -0.422 e. The molecule has 0 aromatic heterocycles. The first kappa shape index (κ1) is 12.1. The van der Waals surface area contributed by atoms with Gasteiger partial charge in [-0.05, 0) is 0 Å². The minimum atomic E-state index is -0.616. The van der Waals surface area contributed by atoms with Crippen molar-refractivity contribution in [3.05, 3.63) is 53.7 Å². The molecule has 0 N–H and O–H groups in total. The number of hydrogen-bond acceptors (Lipinski definition) is 4. The molecule has 1 aliphatic rings. The van der Waals surface area contributed by atoms with Gasteiger partial charge in [0.1, 0.15) is 11.3 Å². The van der Waals surface area contributed by atoms with Gasteiger partial charge in [-0.1, -0.05) is 30.3 Å². The van der Waals surface area contributed by atoms with Gasteiger partial charge in [-0.25, -0.2) is 4.79 Å². The lowest BCUT2D eigenvalue weighted by molar-refractivity contribution is -0.134. The van der Waals surface area contributed by atoms with Gasteiger partial charge in [0.15, 0.2) is 5.78 Å². The average Bonchev–Trinajstić information content (AvgIpc) is 2.34. The molecule has 0 fully saturated rings. The van der Waals surface area contributed by atoms with E-state index in [1.165, 1.54) is 12.3 Å². The van der Waals surface area contributed by atoms with Crippen molar-refractivity contribution in [2.45, 2.75) is 0 Å². The summed E-state index contributed by atoms with van der Waals surface area (Å²) in [5.41, 5.74) is 0.753. The second-order valence-electron chi connectivity index (χ2n) is 4.13. The van der Waals surface area contributed by atoms with Crippen LogP contribution in [0.1, 0.15) is 5.56 Å². The highest BCUT2D eigenvalue weighted by Crippen LogP contribution is 2.23. The van der Waals surface area contributed by atoms with Crippen LogP contribution in [0.25, 0.3) is 5.76 Å². The van der Waals surface area contributed by atoms with Crippen molar-refractivity contribution in [1.82, 2.24) is 4.90 Å². The SMILES string of the molecule is CN(C)C=C1C(=O)C=C(c2ccccc2)OC1=O.